The molecule has 1 amide bonds. The van der Waals surface area contributed by atoms with Gasteiger partial charge in [-0.3, -0.25) is 19.3 Å². The molecule has 3 rings (SSSR count). The van der Waals surface area contributed by atoms with Crippen LogP contribution in [-0.4, -0.2) is 22.8 Å². The molecule has 0 saturated carbocycles. The van der Waals surface area contributed by atoms with Gasteiger partial charge < -0.3 is 9.84 Å². The van der Waals surface area contributed by atoms with Crippen molar-refractivity contribution in [1.29, 1.82) is 5.26 Å². The normalized spacial score (nSPS) is 16.0. The summed E-state index contributed by atoms with van der Waals surface area (Å²) in [6, 6.07) is 13.8. The van der Waals surface area contributed by atoms with Crippen LogP contribution >= 0.6 is 0 Å². The molecule has 1 aliphatic rings. The van der Waals surface area contributed by atoms with E-state index < -0.39 is 29.6 Å². The molecule has 2 aromatic rings. The second kappa shape index (κ2) is 8.21. The summed E-state index contributed by atoms with van der Waals surface area (Å²) >= 11 is 0. The summed E-state index contributed by atoms with van der Waals surface area (Å²) < 4.78 is 5.14. The first-order valence-electron chi connectivity index (χ1n) is 9.34. The highest BCUT2D eigenvalue weighted by Crippen LogP contribution is 2.42. The SMILES string of the molecule is CC(=O)Oc1cccc(C2C(C(=O)C(C)C)=C(O)C(=O)N2c2ccc(C#N)cc2)c1. The highest BCUT2D eigenvalue weighted by atomic mass is 16.5. The second-order valence-electron chi connectivity index (χ2n) is 7.18. The predicted octanol–water partition coefficient (Wildman–Crippen LogP) is 3.61. The number of esters is 1. The third kappa shape index (κ3) is 3.80. The zero-order chi connectivity index (χ0) is 22.0. The summed E-state index contributed by atoms with van der Waals surface area (Å²) in [5, 5.41) is 19.6. The number of carbonyl (C=O) groups is 3. The molecule has 0 radical (unpaired) electrons. The van der Waals surface area contributed by atoms with E-state index in [0.29, 0.717) is 16.8 Å². The molecule has 2 aromatic carbocycles. The van der Waals surface area contributed by atoms with Crippen LogP contribution in [0.2, 0.25) is 0 Å². The van der Waals surface area contributed by atoms with Gasteiger partial charge in [-0.2, -0.15) is 5.26 Å². The lowest BCUT2D eigenvalue weighted by molar-refractivity contribution is -0.132. The van der Waals surface area contributed by atoms with Crippen LogP contribution in [0.5, 0.6) is 5.75 Å². The molecule has 7 nitrogen and oxygen atoms in total. The number of carbonyl (C=O) groups excluding carboxylic acids is 3. The van der Waals surface area contributed by atoms with Crippen molar-refractivity contribution in [3.05, 3.63) is 71.0 Å². The van der Waals surface area contributed by atoms with Crippen LogP contribution in [0, 0.1) is 17.2 Å². The maximum absolute atomic E-state index is 13.0. The van der Waals surface area contributed by atoms with E-state index in [2.05, 4.69) is 0 Å². The Hall–Kier alpha value is -3.92. The van der Waals surface area contributed by atoms with Gasteiger partial charge in [0.2, 0.25) is 0 Å². The number of aliphatic hydroxyl groups excluding tert-OH is 1. The Labute approximate surface area is 173 Å². The number of nitrogens with zero attached hydrogens (tertiary/aromatic N) is 2. The number of benzene rings is 2. The Kier molecular flexibility index (Phi) is 5.70. The quantitative estimate of drug-likeness (QED) is 0.602. The average molecular weight is 404 g/mol. The van der Waals surface area contributed by atoms with Crippen LogP contribution < -0.4 is 9.64 Å². The van der Waals surface area contributed by atoms with Crippen molar-refractivity contribution in [2.75, 3.05) is 4.90 Å². The third-order valence-corrected chi connectivity index (χ3v) is 4.71. The Morgan fingerprint density at radius 3 is 2.40 bits per heavy atom. The van der Waals surface area contributed by atoms with E-state index >= 15 is 0 Å². The number of hydrogen-bond donors (Lipinski definition) is 1. The standard InChI is InChI=1S/C23H20N2O5/c1-13(2)21(27)19-20(16-5-4-6-18(11-16)30-14(3)26)25(23(29)22(19)28)17-9-7-15(12-24)8-10-17/h4-11,13,20,28H,1-3H3. The highest BCUT2D eigenvalue weighted by Gasteiger charge is 2.44. The number of ketones is 1. The Balaban J connectivity index is 2.17. The summed E-state index contributed by atoms with van der Waals surface area (Å²) in [5.74, 6) is -2.38. The molecule has 1 unspecified atom stereocenters. The largest absolute Gasteiger partial charge is 0.503 e. The number of hydrogen-bond acceptors (Lipinski definition) is 6. The zero-order valence-electron chi connectivity index (χ0n) is 16.7. The Bertz CT molecular complexity index is 1090. The molecule has 0 fully saturated rings. The highest BCUT2D eigenvalue weighted by molar-refractivity contribution is 6.16. The first-order chi connectivity index (χ1) is 14.2. The van der Waals surface area contributed by atoms with Crippen LogP contribution in [-0.2, 0) is 14.4 Å². The molecule has 7 heteroatoms. The number of amides is 1. The molecule has 30 heavy (non-hydrogen) atoms. The molecule has 1 atom stereocenters. The minimum atomic E-state index is -0.907. The van der Waals surface area contributed by atoms with Crippen molar-refractivity contribution < 1.29 is 24.2 Å². The maximum Gasteiger partial charge on any atom is 0.308 e. The van der Waals surface area contributed by atoms with Gasteiger partial charge in [-0.1, -0.05) is 26.0 Å². The third-order valence-electron chi connectivity index (χ3n) is 4.71. The fourth-order valence-corrected chi connectivity index (χ4v) is 3.36. The van der Waals surface area contributed by atoms with E-state index in [0.717, 1.165) is 0 Å². The number of nitriles is 1. The molecular formula is C23H20N2O5. The molecule has 1 heterocycles. The maximum atomic E-state index is 13.0. The fraction of sp³-hybridized carbons (Fsp3) is 0.217. The summed E-state index contributed by atoms with van der Waals surface area (Å²) in [6.45, 7) is 4.64. The van der Waals surface area contributed by atoms with Crippen LogP contribution in [0.15, 0.2) is 59.9 Å². The zero-order valence-corrected chi connectivity index (χ0v) is 16.7. The van der Waals surface area contributed by atoms with Gasteiger partial charge in [0.1, 0.15) is 5.75 Å². The number of Topliss-reactive ketones (excluding diaryl/α,β-unsaturated/α-hetero) is 1. The summed E-state index contributed by atoms with van der Waals surface area (Å²) in [6.07, 6.45) is 0. The van der Waals surface area contributed by atoms with E-state index in [9.17, 15) is 19.5 Å². The Morgan fingerprint density at radius 2 is 1.83 bits per heavy atom. The van der Waals surface area contributed by atoms with E-state index in [-0.39, 0.29) is 17.1 Å². The molecule has 0 aliphatic carbocycles. The van der Waals surface area contributed by atoms with Gasteiger partial charge in [-0.15, -0.1) is 0 Å². The first kappa shape index (κ1) is 20.8. The number of anilines is 1. The molecule has 1 aliphatic heterocycles. The topological polar surface area (TPSA) is 108 Å². The van der Waals surface area contributed by atoms with Crippen molar-refractivity contribution in [1.82, 2.24) is 0 Å². The van der Waals surface area contributed by atoms with Gasteiger partial charge >= 0.3 is 5.97 Å². The van der Waals surface area contributed by atoms with Gasteiger partial charge in [0.05, 0.1) is 23.2 Å². The lowest BCUT2D eigenvalue weighted by Gasteiger charge is -2.27. The summed E-state index contributed by atoms with van der Waals surface area (Å²) in [4.78, 5) is 38.5. The van der Waals surface area contributed by atoms with Crippen LogP contribution in [0.3, 0.4) is 0 Å². The van der Waals surface area contributed by atoms with Crippen molar-refractivity contribution in [2.45, 2.75) is 26.8 Å². The minimum absolute atomic E-state index is 0.0145. The van der Waals surface area contributed by atoms with Crippen molar-refractivity contribution >= 4 is 23.3 Å². The average Bonchev–Trinajstić information content (AvgIpc) is 2.98. The predicted molar refractivity (Wildman–Crippen MR) is 109 cm³/mol. The van der Waals surface area contributed by atoms with Crippen LogP contribution in [0.1, 0.15) is 37.9 Å². The molecule has 1 N–H and O–H groups in total. The molecule has 0 bridgehead atoms. The van der Waals surface area contributed by atoms with Gasteiger partial charge in [0.15, 0.2) is 11.5 Å². The van der Waals surface area contributed by atoms with Gasteiger partial charge in [-0.05, 0) is 42.0 Å². The Morgan fingerprint density at radius 1 is 1.17 bits per heavy atom. The van der Waals surface area contributed by atoms with Crippen molar-refractivity contribution in [2.24, 2.45) is 5.92 Å². The monoisotopic (exact) mass is 404 g/mol. The summed E-state index contributed by atoms with van der Waals surface area (Å²) in [5.41, 5.74) is 1.31. The lowest BCUT2D eigenvalue weighted by Crippen LogP contribution is -2.31. The molecule has 0 aromatic heterocycles. The molecule has 0 saturated heterocycles. The van der Waals surface area contributed by atoms with Crippen LogP contribution in [0.4, 0.5) is 5.69 Å². The van der Waals surface area contributed by atoms with Gasteiger partial charge in [0, 0.05) is 18.5 Å². The molecule has 152 valence electrons. The van der Waals surface area contributed by atoms with Gasteiger partial charge in [-0.25, -0.2) is 0 Å². The van der Waals surface area contributed by atoms with E-state index in [1.807, 2.05) is 6.07 Å². The lowest BCUT2D eigenvalue weighted by atomic mass is 9.91. The molecule has 0 spiro atoms. The van der Waals surface area contributed by atoms with Crippen molar-refractivity contribution in [3.63, 3.8) is 0 Å². The van der Waals surface area contributed by atoms with E-state index in [4.69, 9.17) is 10.00 Å². The fourth-order valence-electron chi connectivity index (χ4n) is 3.36. The number of ether oxygens (including phenoxy) is 1. The first-order valence-corrected chi connectivity index (χ1v) is 9.34. The van der Waals surface area contributed by atoms with Crippen molar-refractivity contribution in [3.8, 4) is 11.8 Å². The second-order valence-corrected chi connectivity index (χ2v) is 7.18. The summed E-state index contributed by atoms with van der Waals surface area (Å²) in [7, 11) is 0. The van der Waals surface area contributed by atoms with E-state index in [1.54, 1.807) is 62.4 Å². The number of aliphatic hydroxyl groups is 1. The number of rotatable bonds is 5. The van der Waals surface area contributed by atoms with Crippen LogP contribution in [0.25, 0.3) is 0 Å². The minimum Gasteiger partial charge on any atom is -0.503 e. The smallest absolute Gasteiger partial charge is 0.308 e. The van der Waals surface area contributed by atoms with Gasteiger partial charge in [0.25, 0.3) is 5.91 Å². The van der Waals surface area contributed by atoms with E-state index in [1.165, 1.54) is 11.8 Å². The molecular weight excluding hydrogens is 384 g/mol.